The van der Waals surface area contributed by atoms with Gasteiger partial charge in [0.2, 0.25) is 0 Å². The van der Waals surface area contributed by atoms with Crippen molar-refractivity contribution in [3.05, 3.63) is 328 Å². The molecular formula is C96H54N2S2. The first-order valence-corrected chi connectivity index (χ1v) is 36.2. The standard InChI is InChI=1S/2C48H27NS/c1-3-13-33-31(11-1)37-18-10-19-38-32-12-2-4-14-34(32)42-27-29(26-41(33)47(42)46(37)38)49-43-21-7-5-15-35(43)40-25-28(23-24-44(40)49)30-17-9-20-39-36-16-6-8-22-45(36)50-48(30)39;1-2-11-32-31(10-1)36-15-8-17-38-33-24-23-29(27-41(33)39-18-9-16-37(32)47(39)46(36)38)49-43-20-5-3-12-34(43)42-26-28(22-25-44(42)49)30-14-7-19-40-35-13-4-6-21-45(35)50-48(30)40/h2*1-27H. The summed E-state index contributed by atoms with van der Waals surface area (Å²) >= 11 is 3.79. The van der Waals surface area contributed by atoms with Crippen LogP contribution in [0.1, 0.15) is 0 Å². The van der Waals surface area contributed by atoms with Crippen molar-refractivity contribution < 1.29 is 0 Å². The molecule has 0 aliphatic rings. The van der Waals surface area contributed by atoms with Crippen LogP contribution in [0.15, 0.2) is 328 Å². The van der Waals surface area contributed by atoms with Gasteiger partial charge in [-0.3, -0.25) is 0 Å². The fourth-order valence-corrected chi connectivity index (χ4v) is 20.5. The predicted octanol–water partition coefficient (Wildman–Crippen LogP) is 28.0. The van der Waals surface area contributed by atoms with Gasteiger partial charge in [-0.1, -0.05) is 255 Å². The number of fused-ring (bicyclic) bond motifs is 24. The molecule has 100 heavy (non-hydrogen) atoms. The quantitative estimate of drug-likeness (QED) is 0.123. The van der Waals surface area contributed by atoms with E-state index in [9.17, 15) is 0 Å². The molecule has 0 aliphatic carbocycles. The second-order valence-electron chi connectivity index (χ2n) is 27.2. The Morgan fingerprint density at radius 2 is 0.470 bits per heavy atom. The van der Waals surface area contributed by atoms with Gasteiger partial charge in [0, 0.05) is 73.3 Å². The van der Waals surface area contributed by atoms with Crippen molar-refractivity contribution in [3.63, 3.8) is 0 Å². The molecule has 0 saturated carbocycles. The number of rotatable bonds is 4. The van der Waals surface area contributed by atoms with E-state index in [-0.39, 0.29) is 0 Å². The summed E-state index contributed by atoms with van der Waals surface area (Å²) in [5, 5.41) is 36.9. The Morgan fingerprint density at radius 1 is 0.170 bits per heavy atom. The Hall–Kier alpha value is -12.4. The summed E-state index contributed by atoms with van der Waals surface area (Å²) in [4.78, 5) is 0. The van der Waals surface area contributed by atoms with Crippen LogP contribution in [0.5, 0.6) is 0 Å². The molecule has 0 N–H and O–H groups in total. The summed E-state index contributed by atoms with van der Waals surface area (Å²) in [6.45, 7) is 0. The molecule has 2 nitrogen and oxygen atoms in total. The largest absolute Gasteiger partial charge is 0.309 e. The molecule has 0 amide bonds. The maximum absolute atomic E-state index is 2.49. The SMILES string of the molecule is c1ccc2c(c1)sc1c(-c3ccc4c(c3)c3ccccc3n4-c3cc4c5ccccc5c5cccc6c7ccccc7c(c3)c4c56)cccc12.c1ccc2c(c1)sc1c(-c3ccc4c(c3)c3ccccc3n4-c3ccc4c(c3)c3cccc5c6ccccc6c6cccc4c6c53)cccc12. The minimum Gasteiger partial charge on any atom is -0.309 e. The van der Waals surface area contributed by atoms with Gasteiger partial charge in [-0.05, 0) is 203 Å². The predicted molar refractivity (Wildman–Crippen MR) is 436 cm³/mol. The van der Waals surface area contributed by atoms with E-state index in [0.717, 1.165) is 0 Å². The zero-order valence-electron chi connectivity index (χ0n) is 53.9. The number of nitrogens with zero attached hydrogens (tertiary/aromatic N) is 2. The number of thiophene rings is 2. The van der Waals surface area contributed by atoms with Gasteiger partial charge in [0.15, 0.2) is 0 Å². The zero-order valence-corrected chi connectivity index (χ0v) is 55.5. The lowest BCUT2D eigenvalue weighted by Crippen LogP contribution is -1.96. The third-order valence-corrected chi connectivity index (χ3v) is 24.7. The van der Waals surface area contributed by atoms with Crippen LogP contribution in [0.4, 0.5) is 0 Å². The summed E-state index contributed by atoms with van der Waals surface area (Å²) in [5.41, 5.74) is 12.4. The first kappa shape index (κ1) is 54.7. The van der Waals surface area contributed by atoms with E-state index in [0.29, 0.717) is 0 Å². The molecule has 0 spiro atoms. The third kappa shape index (κ3) is 7.50. The number of benzene rings is 20. The fraction of sp³-hybridized carbons (Fsp3) is 0. The lowest BCUT2D eigenvalue weighted by atomic mass is 9.86. The number of para-hydroxylation sites is 2. The Bertz CT molecular complexity index is 7550. The molecule has 24 rings (SSSR count). The molecule has 0 saturated heterocycles. The van der Waals surface area contributed by atoms with Crippen molar-refractivity contribution in [2.24, 2.45) is 0 Å². The van der Waals surface area contributed by atoms with Gasteiger partial charge in [0.1, 0.15) is 0 Å². The molecule has 0 fully saturated rings. The van der Waals surface area contributed by atoms with Crippen LogP contribution >= 0.6 is 22.7 Å². The van der Waals surface area contributed by atoms with Gasteiger partial charge in [-0.15, -0.1) is 22.7 Å². The average molecular weight is 1300 g/mol. The second kappa shape index (κ2) is 20.6. The van der Waals surface area contributed by atoms with E-state index in [1.807, 2.05) is 22.7 Å². The minimum absolute atomic E-state index is 1.18. The van der Waals surface area contributed by atoms with Crippen molar-refractivity contribution in [2.75, 3.05) is 0 Å². The highest BCUT2D eigenvalue weighted by atomic mass is 32.1. The summed E-state index contributed by atoms with van der Waals surface area (Å²) in [7, 11) is 0. The average Bonchev–Trinajstić information content (AvgIpc) is 0.893. The van der Waals surface area contributed by atoms with Crippen molar-refractivity contribution in [3.8, 4) is 33.6 Å². The normalized spacial score (nSPS) is 12.4. The van der Waals surface area contributed by atoms with Crippen LogP contribution in [0.3, 0.4) is 0 Å². The summed E-state index contributed by atoms with van der Waals surface area (Å²) in [5.74, 6) is 0. The number of hydrogen-bond donors (Lipinski definition) is 0. The minimum atomic E-state index is 1.18. The van der Waals surface area contributed by atoms with Crippen LogP contribution in [-0.2, 0) is 0 Å². The summed E-state index contributed by atoms with van der Waals surface area (Å²) in [6.07, 6.45) is 0. The molecule has 0 atom stereocenters. The van der Waals surface area contributed by atoms with E-state index in [4.69, 9.17) is 0 Å². The molecule has 460 valence electrons. The van der Waals surface area contributed by atoms with Crippen LogP contribution in [0.2, 0.25) is 0 Å². The van der Waals surface area contributed by atoms with Crippen LogP contribution in [0.25, 0.3) is 225 Å². The smallest absolute Gasteiger partial charge is 0.0541 e. The number of hydrogen-bond acceptors (Lipinski definition) is 2. The third-order valence-electron chi connectivity index (χ3n) is 22.2. The van der Waals surface area contributed by atoms with E-state index in [2.05, 4.69) is 337 Å². The zero-order chi connectivity index (χ0) is 65.0. The molecule has 0 bridgehead atoms. The van der Waals surface area contributed by atoms with E-state index < -0.39 is 0 Å². The Labute approximate surface area is 580 Å². The maximum Gasteiger partial charge on any atom is 0.0541 e. The van der Waals surface area contributed by atoms with Gasteiger partial charge >= 0.3 is 0 Å². The van der Waals surface area contributed by atoms with Gasteiger partial charge in [0.25, 0.3) is 0 Å². The molecular weight excluding hydrogens is 1250 g/mol. The van der Waals surface area contributed by atoms with Crippen LogP contribution in [0, 0.1) is 0 Å². The Morgan fingerprint density at radius 3 is 0.910 bits per heavy atom. The molecule has 20 aromatic carbocycles. The van der Waals surface area contributed by atoms with E-state index >= 15 is 0 Å². The van der Waals surface area contributed by atoms with Gasteiger partial charge in [0.05, 0.1) is 22.1 Å². The van der Waals surface area contributed by atoms with Crippen molar-refractivity contribution in [2.45, 2.75) is 0 Å². The Balaban J connectivity index is 0.000000124. The van der Waals surface area contributed by atoms with Crippen LogP contribution < -0.4 is 0 Å². The fourth-order valence-electron chi connectivity index (χ4n) is 18.0. The first-order chi connectivity index (χ1) is 49.6. The molecule has 4 heterocycles. The van der Waals surface area contributed by atoms with E-state index in [1.54, 1.807) is 0 Å². The summed E-state index contributed by atoms with van der Waals surface area (Å²) in [6, 6.07) is 122. The van der Waals surface area contributed by atoms with Crippen molar-refractivity contribution in [1.82, 2.24) is 9.13 Å². The molecule has 24 aromatic rings. The molecule has 4 heteroatoms. The van der Waals surface area contributed by atoms with Gasteiger partial charge < -0.3 is 9.13 Å². The highest BCUT2D eigenvalue weighted by Crippen LogP contribution is 2.50. The monoisotopic (exact) mass is 1300 g/mol. The summed E-state index contributed by atoms with van der Waals surface area (Å²) < 4.78 is 10.3. The highest BCUT2D eigenvalue weighted by molar-refractivity contribution is 7.26. The maximum atomic E-state index is 2.49. The van der Waals surface area contributed by atoms with Crippen molar-refractivity contribution in [1.29, 1.82) is 0 Å². The topological polar surface area (TPSA) is 9.86 Å². The molecule has 0 aliphatic heterocycles. The Kier molecular flexibility index (Phi) is 11.2. The lowest BCUT2D eigenvalue weighted by molar-refractivity contribution is 1.19. The first-order valence-electron chi connectivity index (χ1n) is 34.5. The van der Waals surface area contributed by atoms with E-state index in [1.165, 1.54) is 225 Å². The lowest BCUT2D eigenvalue weighted by Gasteiger charge is -2.19. The highest BCUT2D eigenvalue weighted by Gasteiger charge is 2.24. The number of aromatic nitrogens is 2. The molecule has 0 radical (unpaired) electrons. The van der Waals surface area contributed by atoms with Crippen molar-refractivity contribution >= 4 is 214 Å². The van der Waals surface area contributed by atoms with Gasteiger partial charge in [-0.25, -0.2) is 0 Å². The van der Waals surface area contributed by atoms with Gasteiger partial charge in [-0.2, -0.15) is 0 Å². The second-order valence-corrected chi connectivity index (χ2v) is 29.3. The molecule has 4 aromatic heterocycles. The van der Waals surface area contributed by atoms with Crippen LogP contribution in [-0.4, -0.2) is 9.13 Å². The molecule has 0 unspecified atom stereocenters.